The van der Waals surface area contributed by atoms with Crippen LogP contribution in [0.1, 0.15) is 49.8 Å². The van der Waals surface area contributed by atoms with Crippen LogP contribution in [0.3, 0.4) is 0 Å². The van der Waals surface area contributed by atoms with Crippen molar-refractivity contribution in [3.05, 3.63) is 58.0 Å². The third kappa shape index (κ3) is 4.41. The number of aliphatic hydroxyl groups excluding tert-OH is 1. The molecule has 7 nitrogen and oxygen atoms in total. The highest BCUT2D eigenvalue weighted by Gasteiger charge is 2.26. The number of H-pyrrole nitrogens is 1. The molecule has 1 aliphatic rings. The summed E-state index contributed by atoms with van der Waals surface area (Å²) in [5.74, 6) is -0.0156. The summed E-state index contributed by atoms with van der Waals surface area (Å²) in [5, 5.41) is 22.5. The van der Waals surface area contributed by atoms with Gasteiger partial charge < -0.3 is 21.1 Å². The molecule has 0 spiro atoms. The molecule has 1 aromatic carbocycles. The average Bonchev–Trinajstić information content (AvgIpc) is 2.68. The molecule has 1 fully saturated rings. The molecule has 0 amide bonds. The van der Waals surface area contributed by atoms with Gasteiger partial charge in [-0.15, -0.1) is 0 Å². The lowest BCUT2D eigenvalue weighted by atomic mass is 9.85. The molecule has 7 heteroatoms. The van der Waals surface area contributed by atoms with Crippen molar-refractivity contribution >= 4 is 17.2 Å². The Bertz CT molecular complexity index is 958. The number of benzene rings is 1. The first-order valence-corrected chi connectivity index (χ1v) is 9.50. The average molecular weight is 379 g/mol. The Kier molecular flexibility index (Phi) is 6.12. The number of nitriles is 1. The lowest BCUT2D eigenvalue weighted by molar-refractivity contribution is 0.199. The molecule has 5 N–H and O–H groups in total. The Labute approximate surface area is 163 Å². The fourth-order valence-corrected chi connectivity index (χ4v) is 3.56. The van der Waals surface area contributed by atoms with Gasteiger partial charge in [0.05, 0.1) is 29.5 Å². The molecule has 1 aromatic heterocycles. The summed E-state index contributed by atoms with van der Waals surface area (Å²) in [6.45, 7) is 1.67. The van der Waals surface area contributed by atoms with Crippen molar-refractivity contribution in [2.45, 2.75) is 44.8 Å². The minimum absolute atomic E-state index is 0.0225. The molecule has 0 aliphatic heterocycles. The summed E-state index contributed by atoms with van der Waals surface area (Å²) in [5.41, 5.74) is 7.94. The number of rotatable bonds is 5. The Morgan fingerprint density at radius 3 is 2.93 bits per heavy atom. The third-order valence-corrected chi connectivity index (χ3v) is 5.09. The Morgan fingerprint density at radius 1 is 1.39 bits per heavy atom. The van der Waals surface area contributed by atoms with Crippen LogP contribution in [-0.4, -0.2) is 22.0 Å². The lowest BCUT2D eigenvalue weighted by Gasteiger charge is -2.29. The summed E-state index contributed by atoms with van der Waals surface area (Å²) in [4.78, 5) is 19.5. The van der Waals surface area contributed by atoms with E-state index in [9.17, 15) is 15.2 Å². The van der Waals surface area contributed by atoms with E-state index in [0.717, 1.165) is 25.7 Å². The van der Waals surface area contributed by atoms with Crippen LogP contribution in [0.5, 0.6) is 0 Å². The molecular weight excluding hydrogens is 354 g/mol. The molecule has 146 valence electrons. The Balaban J connectivity index is 1.94. The number of aromatic nitrogens is 1. The fraction of sp³-hybridized carbons (Fsp3) is 0.381. The van der Waals surface area contributed by atoms with Gasteiger partial charge in [0.1, 0.15) is 11.4 Å². The molecule has 0 bridgehead atoms. The van der Waals surface area contributed by atoms with Crippen molar-refractivity contribution in [3.63, 3.8) is 0 Å². The predicted molar refractivity (Wildman–Crippen MR) is 110 cm³/mol. The predicted octanol–water partition coefficient (Wildman–Crippen LogP) is 2.96. The number of aliphatic hydroxyl groups is 1. The van der Waals surface area contributed by atoms with Crippen molar-refractivity contribution in [2.24, 2.45) is 16.6 Å². The first kappa shape index (κ1) is 19.6. The molecule has 3 rings (SSSR count). The van der Waals surface area contributed by atoms with Crippen LogP contribution in [-0.2, 0) is 0 Å². The highest BCUT2D eigenvalue weighted by molar-refractivity contribution is 6.03. The summed E-state index contributed by atoms with van der Waals surface area (Å²) < 4.78 is 0. The van der Waals surface area contributed by atoms with Crippen molar-refractivity contribution in [2.75, 3.05) is 5.32 Å². The highest BCUT2D eigenvalue weighted by Crippen LogP contribution is 2.27. The summed E-state index contributed by atoms with van der Waals surface area (Å²) >= 11 is 0. The van der Waals surface area contributed by atoms with E-state index >= 15 is 0 Å². The van der Waals surface area contributed by atoms with Crippen molar-refractivity contribution in [1.82, 2.24) is 4.98 Å². The zero-order chi connectivity index (χ0) is 20.1. The number of hydrogen-bond acceptors (Lipinski definition) is 5. The van der Waals surface area contributed by atoms with Gasteiger partial charge in [0.2, 0.25) is 0 Å². The molecule has 1 unspecified atom stereocenters. The number of hydrogen-bond donors (Lipinski definition) is 4. The lowest BCUT2D eigenvalue weighted by Crippen LogP contribution is -2.34. The van der Waals surface area contributed by atoms with Gasteiger partial charge in [-0.05, 0) is 43.5 Å². The van der Waals surface area contributed by atoms with E-state index in [1.165, 1.54) is 0 Å². The van der Waals surface area contributed by atoms with E-state index in [1.807, 2.05) is 0 Å². The molecular formula is C21H25N5O2. The molecule has 28 heavy (non-hydrogen) atoms. The van der Waals surface area contributed by atoms with Crippen molar-refractivity contribution in [1.29, 1.82) is 5.26 Å². The maximum absolute atomic E-state index is 12.5. The summed E-state index contributed by atoms with van der Waals surface area (Å²) in [6.07, 6.45) is 4.74. The van der Waals surface area contributed by atoms with Gasteiger partial charge >= 0.3 is 0 Å². The van der Waals surface area contributed by atoms with Gasteiger partial charge in [0.25, 0.3) is 5.56 Å². The normalized spacial score (nSPS) is 21.0. The van der Waals surface area contributed by atoms with Crippen LogP contribution >= 0.6 is 0 Å². The van der Waals surface area contributed by atoms with Gasteiger partial charge in [-0.25, -0.2) is 4.99 Å². The topological polar surface area (TPSA) is 127 Å². The first-order valence-electron chi connectivity index (χ1n) is 9.50. The van der Waals surface area contributed by atoms with Crippen molar-refractivity contribution < 1.29 is 5.11 Å². The van der Waals surface area contributed by atoms with E-state index in [0.29, 0.717) is 16.9 Å². The fourth-order valence-electron chi connectivity index (χ4n) is 3.56. The van der Waals surface area contributed by atoms with Crippen LogP contribution in [0, 0.1) is 17.2 Å². The minimum Gasteiger partial charge on any atom is -0.389 e. The molecule has 3 atom stereocenters. The van der Waals surface area contributed by atoms with E-state index in [-0.39, 0.29) is 28.9 Å². The Morgan fingerprint density at radius 2 is 2.18 bits per heavy atom. The quantitative estimate of drug-likeness (QED) is 0.469. The van der Waals surface area contributed by atoms with Crippen molar-refractivity contribution in [3.8, 4) is 6.07 Å². The number of pyridine rings is 1. The van der Waals surface area contributed by atoms with Gasteiger partial charge in [0, 0.05) is 12.2 Å². The largest absolute Gasteiger partial charge is 0.389 e. The van der Waals surface area contributed by atoms with Crippen LogP contribution < -0.4 is 16.6 Å². The van der Waals surface area contributed by atoms with Crippen LogP contribution in [0.4, 0.5) is 11.4 Å². The van der Waals surface area contributed by atoms with E-state index in [4.69, 9.17) is 5.73 Å². The number of aliphatic imine (C=N–C) groups is 1. The molecule has 1 heterocycles. The second kappa shape index (κ2) is 8.72. The summed E-state index contributed by atoms with van der Waals surface area (Å²) in [7, 11) is 0. The van der Waals surface area contributed by atoms with Crippen LogP contribution in [0.2, 0.25) is 0 Å². The molecule has 1 saturated carbocycles. The summed E-state index contributed by atoms with van der Waals surface area (Å²) in [6, 6.07) is 11.2. The second-order valence-electron chi connectivity index (χ2n) is 7.13. The number of amidine groups is 1. The number of aromatic amines is 1. The van der Waals surface area contributed by atoms with E-state index in [2.05, 4.69) is 21.4 Å². The monoisotopic (exact) mass is 379 g/mol. The zero-order valence-corrected chi connectivity index (χ0v) is 15.9. The minimum atomic E-state index is -0.622. The first-order chi connectivity index (χ1) is 13.5. The Hall–Kier alpha value is -3.11. The maximum atomic E-state index is 12.5. The standard InChI is InChI=1S/C21H25N5O2/c1-13(27)14-6-4-7-16(11-14)25-20(23)19-18(9-10-24-21(19)28)26-17-8-3-2-5-15(17)12-22/h4,6-7,9-11,13,15,17,27H,2-3,5,8H2,1H3,(H2,23,25)(H2,24,26,28)/t13?,15-,17+/m1/s1. The highest BCUT2D eigenvalue weighted by atomic mass is 16.3. The molecule has 1 aliphatic carbocycles. The molecule has 0 saturated heterocycles. The number of anilines is 1. The van der Waals surface area contributed by atoms with E-state index in [1.54, 1.807) is 43.5 Å². The third-order valence-electron chi connectivity index (χ3n) is 5.09. The number of nitrogens with two attached hydrogens (primary N) is 1. The molecule has 0 radical (unpaired) electrons. The van der Waals surface area contributed by atoms with Crippen LogP contribution in [0.15, 0.2) is 46.3 Å². The van der Waals surface area contributed by atoms with Gasteiger partial charge in [-0.2, -0.15) is 5.26 Å². The SMILES string of the molecule is CC(O)c1cccc(N=C(N)c2c(N[C@H]3CCCC[C@@H]3C#N)cc[nH]c2=O)c1. The van der Waals surface area contributed by atoms with Gasteiger partial charge in [0.15, 0.2) is 0 Å². The van der Waals surface area contributed by atoms with E-state index < -0.39 is 6.10 Å². The van der Waals surface area contributed by atoms with Gasteiger partial charge in [-0.3, -0.25) is 4.79 Å². The maximum Gasteiger partial charge on any atom is 0.261 e. The molecule has 2 aromatic rings. The van der Waals surface area contributed by atoms with Crippen LogP contribution in [0.25, 0.3) is 0 Å². The second-order valence-corrected chi connectivity index (χ2v) is 7.13. The number of nitrogens with zero attached hydrogens (tertiary/aromatic N) is 2. The number of nitrogens with one attached hydrogen (secondary N) is 2. The smallest absolute Gasteiger partial charge is 0.261 e. The zero-order valence-electron chi connectivity index (χ0n) is 15.9. The van der Waals surface area contributed by atoms with Gasteiger partial charge in [-0.1, -0.05) is 25.0 Å².